The number of hydrogen-bond acceptors (Lipinski definition) is 3. The summed E-state index contributed by atoms with van der Waals surface area (Å²) < 4.78 is 26.2. The number of amides is 3. The Labute approximate surface area is 139 Å². The summed E-state index contributed by atoms with van der Waals surface area (Å²) in [6.45, 7) is 3.58. The molecule has 0 radical (unpaired) electrons. The van der Waals surface area contributed by atoms with E-state index in [1.54, 1.807) is 13.0 Å². The molecule has 1 unspecified atom stereocenters. The fourth-order valence-corrected chi connectivity index (χ4v) is 2.74. The second kappa shape index (κ2) is 8.05. The standard InChI is InChI=1S/C16H22F2N4O2/c1-10(20-16(19)24)15(23)21-12-4-6-22(7-5-12)9-11-2-3-13(17)14(18)8-11/h2-3,8,10,12H,4-7,9H2,1H3,(H,21,23)(H3,19,20,24). The van der Waals surface area contributed by atoms with Crippen molar-refractivity contribution < 1.29 is 18.4 Å². The van der Waals surface area contributed by atoms with Crippen LogP contribution in [0.1, 0.15) is 25.3 Å². The van der Waals surface area contributed by atoms with Gasteiger partial charge in [-0.1, -0.05) is 6.07 Å². The molecule has 24 heavy (non-hydrogen) atoms. The van der Waals surface area contributed by atoms with Gasteiger partial charge in [-0.3, -0.25) is 9.69 Å². The number of rotatable bonds is 5. The van der Waals surface area contributed by atoms with E-state index in [4.69, 9.17) is 5.73 Å². The number of nitrogens with one attached hydrogen (secondary N) is 2. The number of piperidine rings is 1. The normalized spacial score (nSPS) is 17.3. The zero-order valence-corrected chi connectivity index (χ0v) is 13.5. The predicted molar refractivity (Wildman–Crippen MR) is 85.0 cm³/mol. The maximum atomic E-state index is 13.2. The molecule has 6 nitrogen and oxygen atoms in total. The first-order valence-electron chi connectivity index (χ1n) is 7.88. The number of halogens is 2. The molecule has 1 aliphatic rings. The van der Waals surface area contributed by atoms with Gasteiger partial charge in [-0.15, -0.1) is 0 Å². The molecule has 8 heteroatoms. The zero-order chi connectivity index (χ0) is 17.7. The SMILES string of the molecule is CC(NC(N)=O)C(=O)NC1CCN(Cc2ccc(F)c(F)c2)CC1. The number of nitrogens with two attached hydrogens (primary N) is 1. The van der Waals surface area contributed by atoms with Crippen molar-refractivity contribution in [2.45, 2.75) is 38.4 Å². The van der Waals surface area contributed by atoms with Crippen LogP contribution in [0.2, 0.25) is 0 Å². The van der Waals surface area contributed by atoms with Crippen LogP contribution in [0.3, 0.4) is 0 Å². The topological polar surface area (TPSA) is 87.5 Å². The van der Waals surface area contributed by atoms with Crippen LogP contribution in [0.4, 0.5) is 13.6 Å². The van der Waals surface area contributed by atoms with E-state index < -0.39 is 23.7 Å². The van der Waals surface area contributed by atoms with Gasteiger partial charge in [0.05, 0.1) is 0 Å². The highest BCUT2D eigenvalue weighted by molar-refractivity contribution is 5.86. The minimum Gasteiger partial charge on any atom is -0.352 e. The molecule has 3 amide bonds. The fraction of sp³-hybridized carbons (Fsp3) is 0.500. The van der Waals surface area contributed by atoms with Crippen LogP contribution in [0, 0.1) is 11.6 Å². The Hall–Kier alpha value is -2.22. The van der Waals surface area contributed by atoms with Crippen LogP contribution in [0.15, 0.2) is 18.2 Å². The molecule has 2 rings (SSSR count). The van der Waals surface area contributed by atoms with Crippen molar-refractivity contribution in [2.75, 3.05) is 13.1 Å². The van der Waals surface area contributed by atoms with Crippen LogP contribution in [0.5, 0.6) is 0 Å². The van der Waals surface area contributed by atoms with Crippen LogP contribution in [-0.4, -0.2) is 42.0 Å². The molecule has 0 aromatic heterocycles. The first-order chi connectivity index (χ1) is 11.3. The fourth-order valence-electron chi connectivity index (χ4n) is 2.74. The quantitative estimate of drug-likeness (QED) is 0.750. The lowest BCUT2D eigenvalue weighted by molar-refractivity contribution is -0.123. The van der Waals surface area contributed by atoms with E-state index in [-0.39, 0.29) is 11.9 Å². The van der Waals surface area contributed by atoms with E-state index in [1.807, 2.05) is 0 Å². The molecule has 0 saturated carbocycles. The lowest BCUT2D eigenvalue weighted by Crippen LogP contribution is -2.51. The van der Waals surface area contributed by atoms with Gasteiger partial charge in [-0.25, -0.2) is 13.6 Å². The van der Waals surface area contributed by atoms with E-state index in [0.29, 0.717) is 6.54 Å². The summed E-state index contributed by atoms with van der Waals surface area (Å²) in [6.07, 6.45) is 1.50. The van der Waals surface area contributed by atoms with Crippen LogP contribution < -0.4 is 16.4 Å². The molecule has 132 valence electrons. The minimum atomic E-state index is -0.848. The summed E-state index contributed by atoms with van der Waals surface area (Å²) in [6, 6.07) is 2.52. The Kier molecular flexibility index (Phi) is 6.08. The van der Waals surface area contributed by atoms with E-state index in [2.05, 4.69) is 15.5 Å². The highest BCUT2D eigenvalue weighted by atomic mass is 19.2. The number of likely N-dealkylation sites (tertiary alicyclic amines) is 1. The van der Waals surface area contributed by atoms with Crippen LogP contribution in [-0.2, 0) is 11.3 Å². The Morgan fingerprint density at radius 3 is 2.54 bits per heavy atom. The minimum absolute atomic E-state index is 0.0239. The first-order valence-corrected chi connectivity index (χ1v) is 7.88. The van der Waals surface area contributed by atoms with E-state index >= 15 is 0 Å². The second-order valence-corrected chi connectivity index (χ2v) is 6.04. The van der Waals surface area contributed by atoms with Crippen molar-refractivity contribution in [2.24, 2.45) is 5.73 Å². The molecule has 1 fully saturated rings. The summed E-state index contributed by atoms with van der Waals surface area (Å²) in [7, 11) is 0. The molecule has 1 aliphatic heterocycles. The number of primary amides is 1. The number of nitrogens with zero attached hydrogens (tertiary/aromatic N) is 1. The molecule has 1 heterocycles. The molecule has 0 spiro atoms. The molecule has 1 aromatic rings. The molecular weight excluding hydrogens is 318 g/mol. The first kappa shape index (κ1) is 18.1. The Morgan fingerprint density at radius 1 is 1.29 bits per heavy atom. The van der Waals surface area contributed by atoms with Gasteiger partial charge in [0.25, 0.3) is 0 Å². The van der Waals surface area contributed by atoms with Crippen molar-refractivity contribution in [1.29, 1.82) is 0 Å². The molecule has 1 aromatic carbocycles. The molecule has 1 atom stereocenters. The van der Waals surface area contributed by atoms with Gasteiger partial charge in [-0.2, -0.15) is 0 Å². The maximum absolute atomic E-state index is 13.2. The van der Waals surface area contributed by atoms with Crippen molar-refractivity contribution in [3.63, 3.8) is 0 Å². The summed E-state index contributed by atoms with van der Waals surface area (Å²) in [5, 5.41) is 5.21. The van der Waals surface area contributed by atoms with Crippen LogP contribution >= 0.6 is 0 Å². The molecule has 0 aliphatic carbocycles. The molecule has 1 saturated heterocycles. The predicted octanol–water partition coefficient (Wildman–Crippen LogP) is 1.10. The van der Waals surface area contributed by atoms with Crippen molar-refractivity contribution >= 4 is 11.9 Å². The molecule has 0 bridgehead atoms. The lowest BCUT2D eigenvalue weighted by Gasteiger charge is -2.32. The number of carbonyl (C=O) groups excluding carboxylic acids is 2. The number of carbonyl (C=O) groups is 2. The Balaban J connectivity index is 1.77. The van der Waals surface area contributed by atoms with Gasteiger partial charge in [0.1, 0.15) is 6.04 Å². The van der Waals surface area contributed by atoms with Crippen LogP contribution in [0.25, 0.3) is 0 Å². The Bertz CT molecular complexity index is 604. The van der Waals surface area contributed by atoms with E-state index in [9.17, 15) is 18.4 Å². The second-order valence-electron chi connectivity index (χ2n) is 6.04. The van der Waals surface area contributed by atoms with Gasteiger partial charge in [-0.05, 0) is 37.5 Å². The van der Waals surface area contributed by atoms with Gasteiger partial charge >= 0.3 is 6.03 Å². The number of benzene rings is 1. The number of urea groups is 1. The van der Waals surface area contributed by atoms with Gasteiger partial charge in [0.2, 0.25) is 5.91 Å². The van der Waals surface area contributed by atoms with E-state index in [0.717, 1.165) is 37.6 Å². The summed E-state index contributed by atoms with van der Waals surface area (Å²) >= 11 is 0. The largest absolute Gasteiger partial charge is 0.352 e. The van der Waals surface area contributed by atoms with Gasteiger partial charge in [0.15, 0.2) is 11.6 Å². The Morgan fingerprint density at radius 2 is 1.96 bits per heavy atom. The third-order valence-electron chi connectivity index (χ3n) is 4.08. The summed E-state index contributed by atoms with van der Waals surface area (Å²) in [5.41, 5.74) is 5.71. The summed E-state index contributed by atoms with van der Waals surface area (Å²) in [4.78, 5) is 24.8. The average molecular weight is 340 g/mol. The third-order valence-corrected chi connectivity index (χ3v) is 4.08. The van der Waals surface area contributed by atoms with E-state index in [1.165, 1.54) is 6.07 Å². The lowest BCUT2D eigenvalue weighted by atomic mass is 10.0. The average Bonchev–Trinajstić information content (AvgIpc) is 2.52. The van der Waals surface area contributed by atoms with Crippen molar-refractivity contribution in [3.05, 3.63) is 35.4 Å². The van der Waals surface area contributed by atoms with Crippen molar-refractivity contribution in [1.82, 2.24) is 15.5 Å². The zero-order valence-electron chi connectivity index (χ0n) is 13.5. The highest BCUT2D eigenvalue weighted by Gasteiger charge is 2.23. The van der Waals surface area contributed by atoms with Gasteiger partial charge in [0, 0.05) is 25.7 Å². The number of hydrogen-bond donors (Lipinski definition) is 3. The maximum Gasteiger partial charge on any atom is 0.312 e. The third kappa shape index (κ3) is 5.16. The monoisotopic (exact) mass is 340 g/mol. The summed E-state index contributed by atoms with van der Waals surface area (Å²) in [5.74, 6) is -1.96. The molecular formula is C16H22F2N4O2. The smallest absolute Gasteiger partial charge is 0.312 e. The van der Waals surface area contributed by atoms with Crippen molar-refractivity contribution in [3.8, 4) is 0 Å². The highest BCUT2D eigenvalue weighted by Crippen LogP contribution is 2.16. The molecule has 4 N–H and O–H groups in total. The van der Waals surface area contributed by atoms with Gasteiger partial charge < -0.3 is 16.4 Å².